The number of hydrogen-bond acceptors (Lipinski definition) is 2. The maximum Gasteiger partial charge on any atom is 0.220 e. The van der Waals surface area contributed by atoms with E-state index in [1.165, 1.54) is 11.1 Å². The first-order valence-electron chi connectivity index (χ1n) is 6.69. The minimum Gasteiger partial charge on any atom is -0.356 e. The lowest BCUT2D eigenvalue weighted by atomic mass is 10.0. The molecule has 0 heterocycles. The Morgan fingerprint density at radius 2 is 1.94 bits per heavy atom. The molecule has 1 aromatic rings. The van der Waals surface area contributed by atoms with Gasteiger partial charge in [-0.05, 0) is 36.4 Å². The summed E-state index contributed by atoms with van der Waals surface area (Å²) < 4.78 is 0. The van der Waals surface area contributed by atoms with Crippen molar-refractivity contribution in [3.05, 3.63) is 35.4 Å². The van der Waals surface area contributed by atoms with Crippen LogP contribution in [0.4, 0.5) is 0 Å². The van der Waals surface area contributed by atoms with E-state index in [1.807, 2.05) is 0 Å². The molecule has 0 spiro atoms. The summed E-state index contributed by atoms with van der Waals surface area (Å²) in [6.45, 7) is 5.67. The van der Waals surface area contributed by atoms with Gasteiger partial charge in [-0.2, -0.15) is 0 Å². The van der Waals surface area contributed by atoms with Crippen molar-refractivity contribution in [2.75, 3.05) is 13.1 Å². The Kier molecular flexibility index (Phi) is 6.44. The predicted molar refractivity (Wildman–Crippen MR) is 75.5 cm³/mol. The summed E-state index contributed by atoms with van der Waals surface area (Å²) in [6, 6.07) is 8.52. The van der Waals surface area contributed by atoms with Crippen LogP contribution in [0.3, 0.4) is 0 Å². The van der Waals surface area contributed by atoms with Crippen LogP contribution in [0, 0.1) is 0 Å². The van der Waals surface area contributed by atoms with E-state index in [9.17, 15) is 4.79 Å². The van der Waals surface area contributed by atoms with Crippen LogP contribution >= 0.6 is 0 Å². The molecule has 100 valence electrons. The number of hydrogen-bond donors (Lipinski definition) is 2. The monoisotopic (exact) mass is 248 g/mol. The Bertz CT molecular complexity index is 357. The van der Waals surface area contributed by atoms with Crippen LogP contribution in [0.15, 0.2) is 24.3 Å². The SMILES string of the molecule is CC(C)c1ccc(CCC(=O)NCCCN)cc1. The third-order valence-electron chi connectivity index (χ3n) is 2.99. The van der Waals surface area contributed by atoms with Crippen molar-refractivity contribution in [2.24, 2.45) is 5.73 Å². The van der Waals surface area contributed by atoms with Crippen LogP contribution in [0.25, 0.3) is 0 Å². The molecule has 0 unspecified atom stereocenters. The highest BCUT2D eigenvalue weighted by Gasteiger charge is 2.02. The molecule has 0 fully saturated rings. The van der Waals surface area contributed by atoms with Gasteiger partial charge in [0.2, 0.25) is 5.91 Å². The molecule has 1 rings (SSSR count). The third-order valence-corrected chi connectivity index (χ3v) is 2.99. The van der Waals surface area contributed by atoms with Crippen LogP contribution in [0.5, 0.6) is 0 Å². The van der Waals surface area contributed by atoms with Gasteiger partial charge in [-0.3, -0.25) is 4.79 Å². The molecule has 1 amide bonds. The molecule has 3 nitrogen and oxygen atoms in total. The summed E-state index contributed by atoms with van der Waals surface area (Å²) in [6.07, 6.45) is 2.19. The van der Waals surface area contributed by atoms with Gasteiger partial charge < -0.3 is 11.1 Å². The minimum absolute atomic E-state index is 0.108. The number of nitrogens with two attached hydrogens (primary N) is 1. The number of rotatable bonds is 7. The second-order valence-corrected chi connectivity index (χ2v) is 4.89. The van der Waals surface area contributed by atoms with Crippen molar-refractivity contribution >= 4 is 5.91 Å². The van der Waals surface area contributed by atoms with Gasteiger partial charge in [0.1, 0.15) is 0 Å². The molecule has 0 saturated carbocycles. The van der Waals surface area contributed by atoms with E-state index in [0.29, 0.717) is 25.4 Å². The van der Waals surface area contributed by atoms with Crippen molar-refractivity contribution in [2.45, 2.75) is 39.0 Å². The fraction of sp³-hybridized carbons (Fsp3) is 0.533. The number of amides is 1. The first-order valence-corrected chi connectivity index (χ1v) is 6.69. The van der Waals surface area contributed by atoms with Crippen LogP contribution in [-0.2, 0) is 11.2 Å². The molecule has 0 atom stereocenters. The van der Waals surface area contributed by atoms with Gasteiger partial charge in [-0.1, -0.05) is 38.1 Å². The molecule has 1 aromatic carbocycles. The lowest BCUT2D eigenvalue weighted by molar-refractivity contribution is -0.121. The molecular formula is C15H24N2O. The van der Waals surface area contributed by atoms with Gasteiger partial charge in [0.15, 0.2) is 0 Å². The molecule has 0 aromatic heterocycles. The smallest absolute Gasteiger partial charge is 0.220 e. The zero-order chi connectivity index (χ0) is 13.4. The first kappa shape index (κ1) is 14.7. The largest absolute Gasteiger partial charge is 0.356 e. The molecule has 0 saturated heterocycles. The molecule has 0 radical (unpaired) electrons. The zero-order valence-electron chi connectivity index (χ0n) is 11.4. The second-order valence-electron chi connectivity index (χ2n) is 4.89. The Labute approximate surface area is 110 Å². The molecule has 0 aliphatic rings. The van der Waals surface area contributed by atoms with Crippen LogP contribution < -0.4 is 11.1 Å². The summed E-state index contributed by atoms with van der Waals surface area (Å²) >= 11 is 0. The van der Waals surface area contributed by atoms with Crippen molar-refractivity contribution < 1.29 is 4.79 Å². The minimum atomic E-state index is 0.108. The van der Waals surface area contributed by atoms with Gasteiger partial charge in [-0.15, -0.1) is 0 Å². The van der Waals surface area contributed by atoms with Crippen molar-refractivity contribution in [3.8, 4) is 0 Å². The maximum atomic E-state index is 11.5. The van der Waals surface area contributed by atoms with Gasteiger partial charge in [0.05, 0.1) is 0 Å². The van der Waals surface area contributed by atoms with Crippen molar-refractivity contribution in [1.29, 1.82) is 0 Å². The normalized spacial score (nSPS) is 10.7. The average molecular weight is 248 g/mol. The number of nitrogens with one attached hydrogen (secondary N) is 1. The number of aryl methyl sites for hydroxylation is 1. The standard InChI is InChI=1S/C15H24N2O/c1-12(2)14-7-4-13(5-8-14)6-9-15(18)17-11-3-10-16/h4-5,7-8,12H,3,6,9-11,16H2,1-2H3,(H,17,18). The number of carbonyl (C=O) groups is 1. The van der Waals surface area contributed by atoms with Crippen LogP contribution in [0.1, 0.15) is 43.7 Å². The molecule has 18 heavy (non-hydrogen) atoms. The second kappa shape index (κ2) is 7.88. The lowest BCUT2D eigenvalue weighted by Gasteiger charge is -2.07. The van der Waals surface area contributed by atoms with Gasteiger partial charge >= 0.3 is 0 Å². The molecule has 0 bridgehead atoms. The van der Waals surface area contributed by atoms with Crippen LogP contribution in [-0.4, -0.2) is 19.0 Å². The van der Waals surface area contributed by atoms with Gasteiger partial charge in [0.25, 0.3) is 0 Å². The molecule has 3 N–H and O–H groups in total. The summed E-state index contributed by atoms with van der Waals surface area (Å²) in [7, 11) is 0. The van der Waals surface area contributed by atoms with Crippen molar-refractivity contribution in [1.82, 2.24) is 5.32 Å². The number of carbonyl (C=O) groups excluding carboxylic acids is 1. The van der Waals surface area contributed by atoms with Crippen LogP contribution in [0.2, 0.25) is 0 Å². The van der Waals surface area contributed by atoms with Crippen molar-refractivity contribution in [3.63, 3.8) is 0 Å². The summed E-state index contributed by atoms with van der Waals surface area (Å²) in [5.41, 5.74) is 7.92. The fourth-order valence-corrected chi connectivity index (χ4v) is 1.75. The summed E-state index contributed by atoms with van der Waals surface area (Å²) in [4.78, 5) is 11.5. The first-order chi connectivity index (χ1) is 8.63. The van der Waals surface area contributed by atoms with E-state index in [1.54, 1.807) is 0 Å². The topological polar surface area (TPSA) is 55.1 Å². The highest BCUT2D eigenvalue weighted by atomic mass is 16.1. The molecular weight excluding hydrogens is 224 g/mol. The quantitative estimate of drug-likeness (QED) is 0.727. The predicted octanol–water partition coefficient (Wildman–Crippen LogP) is 2.21. The highest BCUT2D eigenvalue weighted by molar-refractivity contribution is 5.76. The Hall–Kier alpha value is -1.35. The Morgan fingerprint density at radius 1 is 1.28 bits per heavy atom. The summed E-state index contributed by atoms with van der Waals surface area (Å²) in [5.74, 6) is 0.662. The van der Waals surface area contributed by atoms with Gasteiger partial charge in [0, 0.05) is 13.0 Å². The molecule has 0 aliphatic heterocycles. The van der Waals surface area contributed by atoms with E-state index >= 15 is 0 Å². The average Bonchev–Trinajstić information content (AvgIpc) is 2.37. The Balaban J connectivity index is 2.32. The van der Waals surface area contributed by atoms with Gasteiger partial charge in [-0.25, -0.2) is 0 Å². The number of benzene rings is 1. The van der Waals surface area contributed by atoms with E-state index in [2.05, 4.69) is 43.4 Å². The van der Waals surface area contributed by atoms with E-state index in [-0.39, 0.29) is 5.91 Å². The van der Waals surface area contributed by atoms with E-state index in [4.69, 9.17) is 5.73 Å². The zero-order valence-corrected chi connectivity index (χ0v) is 11.4. The fourth-order valence-electron chi connectivity index (χ4n) is 1.75. The maximum absolute atomic E-state index is 11.5. The molecule has 3 heteroatoms. The lowest BCUT2D eigenvalue weighted by Crippen LogP contribution is -2.26. The highest BCUT2D eigenvalue weighted by Crippen LogP contribution is 2.15. The van der Waals surface area contributed by atoms with E-state index < -0.39 is 0 Å². The summed E-state index contributed by atoms with van der Waals surface area (Å²) in [5, 5.41) is 2.86. The van der Waals surface area contributed by atoms with E-state index in [0.717, 1.165) is 12.8 Å². The Morgan fingerprint density at radius 3 is 2.50 bits per heavy atom. The third kappa shape index (κ3) is 5.32. The molecule has 0 aliphatic carbocycles.